The van der Waals surface area contributed by atoms with E-state index in [2.05, 4.69) is 42.0 Å². The number of aliphatic imine (C=N–C) groups is 1. The van der Waals surface area contributed by atoms with E-state index in [4.69, 9.17) is 11.6 Å². The molecule has 5 nitrogen and oxygen atoms in total. The fraction of sp³-hybridized carbons (Fsp3) is 0.269. The van der Waals surface area contributed by atoms with Crippen molar-refractivity contribution < 1.29 is 21.6 Å². The van der Waals surface area contributed by atoms with Gasteiger partial charge in [-0.1, -0.05) is 43.0 Å². The van der Waals surface area contributed by atoms with Crippen LogP contribution in [-0.2, 0) is 10.0 Å². The van der Waals surface area contributed by atoms with Crippen molar-refractivity contribution in [3.63, 3.8) is 0 Å². The van der Waals surface area contributed by atoms with Gasteiger partial charge in [0.05, 0.1) is 21.9 Å². The molecule has 2 N–H and O–H groups in total. The van der Waals surface area contributed by atoms with Gasteiger partial charge in [0.25, 0.3) is 10.0 Å². The number of hydrogen-bond acceptors (Lipinski definition) is 3. The summed E-state index contributed by atoms with van der Waals surface area (Å²) in [5.41, 5.74) is 2.54. The third kappa shape index (κ3) is 9.54. The summed E-state index contributed by atoms with van der Waals surface area (Å²) < 4.78 is 66.5. The van der Waals surface area contributed by atoms with Gasteiger partial charge >= 0.3 is 6.18 Å². The maximum atomic E-state index is 13.3. The van der Waals surface area contributed by atoms with Crippen molar-refractivity contribution in [3.05, 3.63) is 93.5 Å². The predicted molar refractivity (Wildman–Crippen MR) is 144 cm³/mol. The van der Waals surface area contributed by atoms with Gasteiger partial charge < -0.3 is 5.32 Å². The smallest absolute Gasteiger partial charge is 0.344 e. The highest BCUT2D eigenvalue weighted by Gasteiger charge is 2.36. The summed E-state index contributed by atoms with van der Waals surface area (Å²) in [5.74, 6) is -0.489. The largest absolute Gasteiger partial charge is 0.419 e. The summed E-state index contributed by atoms with van der Waals surface area (Å²) in [6, 6.07) is 10.4. The van der Waals surface area contributed by atoms with Gasteiger partial charge in [-0.05, 0) is 82.5 Å². The quantitative estimate of drug-likeness (QED) is 0.288. The van der Waals surface area contributed by atoms with Gasteiger partial charge in [-0.2, -0.15) is 13.2 Å². The van der Waals surface area contributed by atoms with Crippen molar-refractivity contribution in [1.82, 2.24) is 5.32 Å². The maximum Gasteiger partial charge on any atom is 0.419 e. The third-order valence-electron chi connectivity index (χ3n) is 4.74. The second-order valence-corrected chi connectivity index (χ2v) is 10.5. The lowest BCUT2D eigenvalue weighted by molar-refractivity contribution is -0.0864. The molecule has 0 atom stereocenters. The zero-order valence-corrected chi connectivity index (χ0v) is 22.7. The molecule has 0 bridgehead atoms. The molecule has 0 aliphatic rings. The fourth-order valence-electron chi connectivity index (χ4n) is 2.68. The summed E-state index contributed by atoms with van der Waals surface area (Å²) in [6.45, 7) is 16.8. The Balaban J connectivity index is 0.000000600. The van der Waals surface area contributed by atoms with Gasteiger partial charge in [0.15, 0.2) is 0 Å². The van der Waals surface area contributed by atoms with Crippen LogP contribution in [0.25, 0.3) is 0 Å². The first-order valence-corrected chi connectivity index (χ1v) is 12.6. The van der Waals surface area contributed by atoms with E-state index in [1.165, 1.54) is 44.0 Å². The molecule has 10 heteroatoms. The van der Waals surface area contributed by atoms with Gasteiger partial charge in [0.1, 0.15) is 5.84 Å². The number of alkyl halides is 3. The number of hydrogen-bond donors (Lipinski definition) is 2. The monoisotopic (exact) mass is 541 g/mol. The van der Waals surface area contributed by atoms with Gasteiger partial charge in [0, 0.05) is 10.7 Å². The van der Waals surface area contributed by atoms with E-state index >= 15 is 0 Å². The van der Waals surface area contributed by atoms with Crippen molar-refractivity contribution in [2.75, 3.05) is 4.72 Å². The molecule has 0 aromatic heterocycles. The molecule has 0 amide bonds. The number of allylic oxidation sites excluding steroid dienone is 3. The van der Waals surface area contributed by atoms with Crippen LogP contribution in [0.1, 0.15) is 37.5 Å². The number of rotatable bonds is 6. The number of nitrogens with zero attached hydrogens (tertiary/aromatic N) is 1. The van der Waals surface area contributed by atoms with Crippen molar-refractivity contribution in [2.24, 2.45) is 4.99 Å². The summed E-state index contributed by atoms with van der Waals surface area (Å²) in [5, 5.41) is 3.30. The number of anilines is 1. The van der Waals surface area contributed by atoms with Gasteiger partial charge in [0.2, 0.25) is 0 Å². The first-order valence-electron chi connectivity index (χ1n) is 10.7. The molecule has 0 aliphatic heterocycles. The number of benzene rings is 2. The third-order valence-corrected chi connectivity index (χ3v) is 6.38. The highest BCUT2D eigenvalue weighted by Crippen LogP contribution is 2.32. The average Bonchev–Trinajstić information content (AvgIpc) is 2.72. The van der Waals surface area contributed by atoms with Gasteiger partial charge in [-0.25, -0.2) is 13.4 Å². The van der Waals surface area contributed by atoms with Crippen LogP contribution >= 0.6 is 11.6 Å². The van der Waals surface area contributed by atoms with E-state index < -0.39 is 27.6 Å². The van der Waals surface area contributed by atoms with E-state index in [-0.39, 0.29) is 22.0 Å². The molecule has 2 aromatic carbocycles. The van der Waals surface area contributed by atoms with Crippen LogP contribution in [0, 0.1) is 20.8 Å². The Morgan fingerprint density at radius 1 is 1.03 bits per heavy atom. The Labute approximate surface area is 216 Å². The van der Waals surface area contributed by atoms with Crippen molar-refractivity contribution in [2.45, 2.75) is 47.7 Å². The number of amidine groups is 1. The number of sulfonamides is 1. The highest BCUT2D eigenvalue weighted by molar-refractivity contribution is 7.96. The first kappa shape index (κ1) is 31.0. The molecule has 0 heterocycles. The second kappa shape index (κ2) is 12.8. The number of halogens is 4. The average molecular weight is 542 g/mol. The maximum absolute atomic E-state index is 13.3. The van der Waals surface area contributed by atoms with Crippen molar-refractivity contribution in [1.29, 1.82) is 0 Å². The SMILES string of the molecule is C=C(C)NC(=Nc1ccc(C)cc1NS(=O)(=O)C(=C)C)/C(=C\C)C(F)(F)F.Cc1ccc(Cl)cc1C. The Morgan fingerprint density at radius 2 is 1.64 bits per heavy atom. The lowest BCUT2D eigenvalue weighted by Gasteiger charge is -2.17. The summed E-state index contributed by atoms with van der Waals surface area (Å²) >= 11 is 5.72. The van der Waals surface area contributed by atoms with Crippen LogP contribution < -0.4 is 10.0 Å². The number of aryl methyl sites for hydroxylation is 3. The molecular formula is C26H31ClF3N3O2S. The van der Waals surface area contributed by atoms with E-state index in [0.717, 1.165) is 11.1 Å². The lowest BCUT2D eigenvalue weighted by Crippen LogP contribution is -2.30. The Kier molecular flexibility index (Phi) is 11.0. The number of nitrogens with one attached hydrogen (secondary N) is 2. The van der Waals surface area contributed by atoms with E-state index in [1.54, 1.807) is 13.0 Å². The molecule has 0 spiro atoms. The Morgan fingerprint density at radius 3 is 2.08 bits per heavy atom. The Bertz CT molecular complexity index is 1300. The van der Waals surface area contributed by atoms with Crippen molar-refractivity contribution in [3.8, 4) is 0 Å². The first-order chi connectivity index (χ1) is 16.5. The van der Waals surface area contributed by atoms with Crippen molar-refractivity contribution >= 4 is 38.8 Å². The second-order valence-electron chi connectivity index (χ2n) is 8.12. The fourth-order valence-corrected chi connectivity index (χ4v) is 3.53. The lowest BCUT2D eigenvalue weighted by atomic mass is 10.1. The molecule has 0 radical (unpaired) electrons. The van der Waals surface area contributed by atoms with E-state index in [1.807, 2.05) is 18.2 Å². The molecule has 2 rings (SSSR count). The minimum atomic E-state index is -4.65. The highest BCUT2D eigenvalue weighted by atomic mass is 35.5. The van der Waals surface area contributed by atoms with Gasteiger partial charge in [-0.15, -0.1) is 0 Å². The standard InChI is InChI=1S/C18H22F3N3O2S.C8H9Cl/c1-7-14(18(19,20)21)17(22-11(2)3)23-15-9-8-13(6)10-16(15)24-27(25,26)12(4)5;1-6-3-4-8(9)5-7(6)2/h7-10,24H,2,4H2,1,3,5-6H3,(H,22,23);3-5H,1-2H3/b14-7+;. The van der Waals surface area contributed by atoms with Crippen LogP contribution in [0.15, 0.2) is 76.8 Å². The normalized spacial score (nSPS) is 12.4. The van der Waals surface area contributed by atoms with Crippen LogP contribution in [-0.4, -0.2) is 20.4 Å². The summed E-state index contributed by atoms with van der Waals surface area (Å²) in [7, 11) is -3.89. The van der Waals surface area contributed by atoms with Crippen LogP contribution in [0.5, 0.6) is 0 Å². The van der Waals surface area contributed by atoms with Crippen LogP contribution in [0.3, 0.4) is 0 Å². The van der Waals surface area contributed by atoms with Gasteiger partial charge in [-0.3, -0.25) is 4.72 Å². The zero-order valence-electron chi connectivity index (χ0n) is 21.1. The summed E-state index contributed by atoms with van der Waals surface area (Å²) in [4.78, 5) is 3.89. The molecule has 196 valence electrons. The molecule has 0 aliphatic carbocycles. The minimum Gasteiger partial charge on any atom is -0.344 e. The minimum absolute atomic E-state index is 0.0118. The molecular weight excluding hydrogens is 511 g/mol. The topological polar surface area (TPSA) is 70.6 Å². The van der Waals surface area contributed by atoms with E-state index in [0.29, 0.717) is 5.56 Å². The van der Waals surface area contributed by atoms with Crippen LogP contribution in [0.4, 0.5) is 24.5 Å². The molecule has 2 aromatic rings. The molecule has 0 saturated heterocycles. The molecule has 0 saturated carbocycles. The predicted octanol–water partition coefficient (Wildman–Crippen LogP) is 7.89. The molecule has 0 unspecified atom stereocenters. The Hall–Kier alpha value is -3.04. The molecule has 36 heavy (non-hydrogen) atoms. The summed E-state index contributed by atoms with van der Waals surface area (Å²) in [6.07, 6.45) is -3.78. The van der Waals surface area contributed by atoms with E-state index in [9.17, 15) is 21.6 Å². The molecule has 0 fully saturated rings. The van der Waals surface area contributed by atoms with Crippen LogP contribution in [0.2, 0.25) is 5.02 Å². The zero-order chi connectivity index (χ0) is 27.8.